The van der Waals surface area contributed by atoms with E-state index in [0.29, 0.717) is 26.2 Å². The van der Waals surface area contributed by atoms with Crippen LogP contribution in [0.3, 0.4) is 0 Å². The summed E-state index contributed by atoms with van der Waals surface area (Å²) in [6.45, 7) is 1.76. The van der Waals surface area contributed by atoms with Gasteiger partial charge in [0.1, 0.15) is 6.04 Å². The summed E-state index contributed by atoms with van der Waals surface area (Å²) in [5.41, 5.74) is 16.6. The van der Waals surface area contributed by atoms with Crippen LogP contribution in [0.25, 0.3) is 0 Å². The molecular formula is C16H27N5O4. The highest BCUT2D eigenvalue weighted by Crippen LogP contribution is 2.32. The molecule has 0 unspecified atom stereocenters. The van der Waals surface area contributed by atoms with E-state index in [9.17, 15) is 4.79 Å². The van der Waals surface area contributed by atoms with Gasteiger partial charge in [-0.2, -0.15) is 0 Å². The number of hydrogen-bond donors (Lipinski definition) is 5. The summed E-state index contributed by atoms with van der Waals surface area (Å²) in [7, 11) is 1.95. The van der Waals surface area contributed by atoms with Crippen molar-refractivity contribution >= 4 is 11.9 Å². The zero-order valence-electron chi connectivity index (χ0n) is 14.4. The molecule has 25 heavy (non-hydrogen) atoms. The number of carboxylic acid groups (broad SMARTS) is 1. The van der Waals surface area contributed by atoms with Crippen LogP contribution in [0.4, 0.5) is 0 Å². The normalized spacial score (nSPS) is 12.7. The topological polar surface area (TPSA) is 158 Å². The Morgan fingerprint density at radius 3 is 2.72 bits per heavy atom. The largest absolute Gasteiger partial charge is 0.480 e. The van der Waals surface area contributed by atoms with Gasteiger partial charge in [-0.05, 0) is 50.6 Å². The van der Waals surface area contributed by atoms with E-state index in [1.165, 1.54) is 5.56 Å². The highest BCUT2D eigenvalue weighted by atomic mass is 16.7. The van der Waals surface area contributed by atoms with E-state index in [4.69, 9.17) is 31.8 Å². The number of nitrogens with one attached hydrogen (secondary N) is 1. The Morgan fingerprint density at radius 1 is 1.36 bits per heavy atom. The molecule has 1 aromatic rings. The van der Waals surface area contributed by atoms with E-state index in [1.54, 1.807) is 0 Å². The molecule has 0 bridgehead atoms. The molecular weight excluding hydrogens is 326 g/mol. The van der Waals surface area contributed by atoms with Crippen LogP contribution in [0.5, 0.6) is 11.5 Å². The Labute approximate surface area is 147 Å². The highest BCUT2D eigenvalue weighted by molar-refractivity contribution is 5.75. The van der Waals surface area contributed by atoms with Crippen molar-refractivity contribution in [3.8, 4) is 11.5 Å². The lowest BCUT2D eigenvalue weighted by Crippen LogP contribution is -2.30. The number of benzene rings is 1. The van der Waals surface area contributed by atoms with Crippen LogP contribution < -0.4 is 32.0 Å². The molecule has 0 spiro atoms. The fraction of sp³-hybridized carbons (Fsp3) is 0.500. The van der Waals surface area contributed by atoms with E-state index in [-0.39, 0.29) is 5.96 Å². The Kier molecular flexibility index (Phi) is 9.12. The summed E-state index contributed by atoms with van der Waals surface area (Å²) >= 11 is 0. The average molecular weight is 353 g/mol. The zero-order chi connectivity index (χ0) is 18.7. The summed E-state index contributed by atoms with van der Waals surface area (Å²) in [6.07, 6.45) is 1.98. The molecule has 1 atom stereocenters. The van der Waals surface area contributed by atoms with Crippen molar-refractivity contribution < 1.29 is 19.4 Å². The zero-order valence-corrected chi connectivity index (χ0v) is 14.4. The summed E-state index contributed by atoms with van der Waals surface area (Å²) in [4.78, 5) is 13.9. The predicted molar refractivity (Wildman–Crippen MR) is 95.7 cm³/mol. The average Bonchev–Trinajstić information content (AvgIpc) is 3.04. The first-order valence-corrected chi connectivity index (χ1v) is 8.01. The molecule has 1 aliphatic rings. The molecule has 0 aliphatic carbocycles. The fourth-order valence-corrected chi connectivity index (χ4v) is 2.01. The number of ether oxygens (including phenoxy) is 2. The molecule has 2 rings (SSSR count). The van der Waals surface area contributed by atoms with E-state index in [1.807, 2.05) is 19.2 Å². The predicted octanol–water partition coefficient (Wildman–Crippen LogP) is -0.371. The van der Waals surface area contributed by atoms with Crippen LogP contribution in [0, 0.1) is 0 Å². The van der Waals surface area contributed by atoms with Crippen molar-refractivity contribution in [2.24, 2.45) is 22.2 Å². The second kappa shape index (κ2) is 11.1. The SMILES string of the molecule is CNCCc1ccc2c(c1)OCO2.NC(N)=NCCC[C@H](N)C(=O)O. The third-order valence-corrected chi connectivity index (χ3v) is 3.39. The molecule has 9 heteroatoms. The van der Waals surface area contributed by atoms with Crippen LogP contribution in [-0.2, 0) is 11.2 Å². The molecule has 0 saturated heterocycles. The quantitative estimate of drug-likeness (QED) is 0.240. The third kappa shape index (κ3) is 8.23. The van der Waals surface area contributed by atoms with Gasteiger partial charge in [0.05, 0.1) is 0 Å². The minimum absolute atomic E-state index is 0.0129. The lowest BCUT2D eigenvalue weighted by atomic mass is 10.1. The molecule has 1 heterocycles. The van der Waals surface area contributed by atoms with Crippen molar-refractivity contribution in [3.63, 3.8) is 0 Å². The van der Waals surface area contributed by atoms with E-state index >= 15 is 0 Å². The number of fused-ring (bicyclic) bond motifs is 1. The highest BCUT2D eigenvalue weighted by Gasteiger charge is 2.12. The number of aliphatic imine (C=N–C) groups is 1. The molecule has 0 fully saturated rings. The summed E-state index contributed by atoms with van der Waals surface area (Å²) in [6, 6.07) is 5.26. The van der Waals surface area contributed by atoms with Gasteiger partial charge in [0.25, 0.3) is 0 Å². The number of nitrogens with two attached hydrogens (primary N) is 3. The molecule has 140 valence electrons. The standard InChI is InChI=1S/C10H13NO2.C6H14N4O2/c1-11-5-4-8-2-3-9-10(6-8)13-7-12-9;7-4(5(11)12)2-1-3-10-6(8)9/h2-3,6,11H,4-5,7H2,1H3;4H,1-3,7H2,(H,11,12)(H4,8,9,10)/t;4-/m.0/s1. The van der Waals surface area contributed by atoms with E-state index in [0.717, 1.165) is 24.5 Å². The molecule has 1 aliphatic heterocycles. The maximum absolute atomic E-state index is 10.2. The number of nitrogens with zero attached hydrogens (tertiary/aromatic N) is 1. The third-order valence-electron chi connectivity index (χ3n) is 3.39. The Bertz CT molecular complexity index is 576. The van der Waals surface area contributed by atoms with Crippen molar-refractivity contribution in [1.82, 2.24) is 5.32 Å². The van der Waals surface area contributed by atoms with Crippen molar-refractivity contribution in [1.29, 1.82) is 0 Å². The molecule has 0 saturated carbocycles. The Morgan fingerprint density at radius 2 is 2.08 bits per heavy atom. The first kappa shape index (κ1) is 20.5. The summed E-state index contributed by atoms with van der Waals surface area (Å²) in [5, 5.41) is 11.5. The minimum Gasteiger partial charge on any atom is -0.480 e. The number of carbonyl (C=O) groups is 1. The molecule has 1 aromatic carbocycles. The second-order valence-electron chi connectivity index (χ2n) is 5.43. The van der Waals surface area contributed by atoms with Crippen LogP contribution in [0.2, 0.25) is 0 Å². The van der Waals surface area contributed by atoms with E-state index in [2.05, 4.69) is 16.4 Å². The van der Waals surface area contributed by atoms with Gasteiger partial charge < -0.3 is 37.1 Å². The minimum atomic E-state index is -1.00. The van der Waals surface area contributed by atoms with Gasteiger partial charge in [0.15, 0.2) is 17.5 Å². The van der Waals surface area contributed by atoms with Gasteiger partial charge in [-0.25, -0.2) is 0 Å². The molecule has 0 aromatic heterocycles. The maximum Gasteiger partial charge on any atom is 0.320 e. The Balaban J connectivity index is 0.000000252. The fourth-order valence-electron chi connectivity index (χ4n) is 2.01. The summed E-state index contributed by atoms with van der Waals surface area (Å²) < 4.78 is 10.5. The molecule has 0 amide bonds. The number of guanidine groups is 1. The lowest BCUT2D eigenvalue weighted by Gasteiger charge is -2.03. The van der Waals surface area contributed by atoms with Crippen molar-refractivity contribution in [2.45, 2.75) is 25.3 Å². The van der Waals surface area contributed by atoms with Crippen LogP contribution in [0.15, 0.2) is 23.2 Å². The van der Waals surface area contributed by atoms with Crippen molar-refractivity contribution in [2.75, 3.05) is 26.9 Å². The van der Waals surface area contributed by atoms with Crippen LogP contribution in [0.1, 0.15) is 18.4 Å². The van der Waals surface area contributed by atoms with Gasteiger partial charge in [-0.3, -0.25) is 9.79 Å². The van der Waals surface area contributed by atoms with Gasteiger partial charge in [-0.1, -0.05) is 6.07 Å². The van der Waals surface area contributed by atoms with Gasteiger partial charge in [-0.15, -0.1) is 0 Å². The molecule has 9 nitrogen and oxygen atoms in total. The lowest BCUT2D eigenvalue weighted by molar-refractivity contribution is -0.138. The number of hydrogen-bond acceptors (Lipinski definition) is 6. The molecule has 8 N–H and O–H groups in total. The Hall–Kier alpha value is -2.52. The van der Waals surface area contributed by atoms with Crippen LogP contribution in [-0.4, -0.2) is 50.0 Å². The summed E-state index contributed by atoms with van der Waals surface area (Å²) in [5.74, 6) is 0.736. The number of carboxylic acids is 1. The number of likely N-dealkylation sites (N-methyl/N-ethyl adjacent to an activating group) is 1. The van der Waals surface area contributed by atoms with Crippen molar-refractivity contribution in [3.05, 3.63) is 23.8 Å². The first-order valence-electron chi connectivity index (χ1n) is 8.01. The monoisotopic (exact) mass is 353 g/mol. The first-order chi connectivity index (χ1) is 11.9. The van der Waals surface area contributed by atoms with Gasteiger partial charge >= 0.3 is 5.97 Å². The van der Waals surface area contributed by atoms with Crippen LogP contribution >= 0.6 is 0 Å². The van der Waals surface area contributed by atoms with E-state index < -0.39 is 12.0 Å². The second-order valence-corrected chi connectivity index (χ2v) is 5.43. The number of aliphatic carboxylic acids is 1. The maximum atomic E-state index is 10.2. The van der Waals surface area contributed by atoms with Gasteiger partial charge in [0, 0.05) is 6.54 Å². The van der Waals surface area contributed by atoms with Gasteiger partial charge in [0.2, 0.25) is 6.79 Å². The molecule has 0 radical (unpaired) electrons. The smallest absolute Gasteiger partial charge is 0.320 e. The number of rotatable bonds is 8.